The number of nitrogens with one attached hydrogen (secondary N) is 1. The van der Waals surface area contributed by atoms with Crippen molar-refractivity contribution in [3.8, 4) is 5.75 Å². The van der Waals surface area contributed by atoms with Gasteiger partial charge in [-0.3, -0.25) is 14.5 Å². The molecule has 0 saturated carbocycles. The second-order valence-corrected chi connectivity index (χ2v) is 7.11. The average molecular weight is 345 g/mol. The van der Waals surface area contributed by atoms with E-state index in [4.69, 9.17) is 0 Å². The number of phenolic OH excluding ortho intramolecular Hbond substituents is 1. The van der Waals surface area contributed by atoms with Gasteiger partial charge in [-0.2, -0.15) is 0 Å². The van der Waals surface area contributed by atoms with Crippen LogP contribution in [-0.4, -0.2) is 65.5 Å². The fourth-order valence-electron chi connectivity index (χ4n) is 3.88. The van der Waals surface area contributed by atoms with Gasteiger partial charge in [0.2, 0.25) is 11.8 Å². The van der Waals surface area contributed by atoms with E-state index < -0.39 is 5.54 Å². The fraction of sp³-hybridized carbons (Fsp3) is 0.579. The van der Waals surface area contributed by atoms with Crippen LogP contribution < -0.4 is 5.32 Å². The summed E-state index contributed by atoms with van der Waals surface area (Å²) in [5.41, 5.74) is 0.590. The predicted octanol–water partition coefficient (Wildman–Crippen LogP) is 1.14. The molecular formula is C19H27N3O3. The lowest BCUT2D eigenvalue weighted by atomic mass is 9.85. The van der Waals surface area contributed by atoms with Crippen molar-refractivity contribution in [3.63, 3.8) is 0 Å². The molecule has 2 heterocycles. The van der Waals surface area contributed by atoms with Crippen molar-refractivity contribution in [1.29, 1.82) is 0 Å². The van der Waals surface area contributed by atoms with Gasteiger partial charge >= 0.3 is 0 Å². The van der Waals surface area contributed by atoms with Crippen molar-refractivity contribution >= 4 is 11.8 Å². The molecule has 3 rings (SSSR count). The Bertz CT molecular complexity index is 621. The maximum atomic E-state index is 12.5. The van der Waals surface area contributed by atoms with Crippen LogP contribution in [0, 0.1) is 0 Å². The summed E-state index contributed by atoms with van der Waals surface area (Å²) in [7, 11) is 2.02. The number of likely N-dealkylation sites (tertiary alicyclic amines) is 1. The number of aryl methyl sites for hydroxylation is 1. The molecule has 0 aromatic heterocycles. The summed E-state index contributed by atoms with van der Waals surface area (Å²) in [6.45, 7) is 2.91. The Labute approximate surface area is 148 Å². The van der Waals surface area contributed by atoms with Gasteiger partial charge in [0.15, 0.2) is 0 Å². The third kappa shape index (κ3) is 3.79. The highest BCUT2D eigenvalue weighted by molar-refractivity contribution is 5.87. The Morgan fingerprint density at radius 3 is 2.56 bits per heavy atom. The molecule has 0 atom stereocenters. The van der Waals surface area contributed by atoms with E-state index in [2.05, 4.69) is 10.2 Å². The summed E-state index contributed by atoms with van der Waals surface area (Å²) in [5.74, 6) is 0.491. The Kier molecular flexibility index (Phi) is 5.27. The van der Waals surface area contributed by atoms with Gasteiger partial charge in [0.05, 0.1) is 0 Å². The maximum absolute atomic E-state index is 12.5. The molecule has 2 aliphatic heterocycles. The Hall–Kier alpha value is -2.08. The number of aromatic hydroxyl groups is 1. The average Bonchev–Trinajstić information content (AvgIpc) is 2.76. The quantitative estimate of drug-likeness (QED) is 0.862. The van der Waals surface area contributed by atoms with E-state index in [1.807, 2.05) is 24.1 Å². The molecule has 2 amide bonds. The monoisotopic (exact) mass is 345 g/mol. The molecule has 0 unspecified atom stereocenters. The van der Waals surface area contributed by atoms with Crippen LogP contribution in [0.1, 0.15) is 31.2 Å². The smallest absolute Gasteiger partial charge is 0.240 e. The third-order valence-electron chi connectivity index (χ3n) is 5.62. The number of benzene rings is 1. The molecule has 0 bridgehead atoms. The first-order valence-corrected chi connectivity index (χ1v) is 9.06. The minimum absolute atomic E-state index is 0.115. The lowest BCUT2D eigenvalue weighted by Gasteiger charge is -2.45. The number of carbonyl (C=O) groups is 2. The Morgan fingerprint density at radius 2 is 1.88 bits per heavy atom. The van der Waals surface area contributed by atoms with E-state index in [1.54, 1.807) is 12.1 Å². The van der Waals surface area contributed by atoms with Crippen molar-refractivity contribution in [3.05, 3.63) is 29.8 Å². The normalized spacial score (nSPS) is 21.0. The van der Waals surface area contributed by atoms with E-state index in [1.165, 1.54) is 0 Å². The summed E-state index contributed by atoms with van der Waals surface area (Å²) in [5, 5.41) is 12.3. The second-order valence-electron chi connectivity index (χ2n) is 7.11. The Balaban J connectivity index is 1.55. The van der Waals surface area contributed by atoms with Gasteiger partial charge in [-0.15, -0.1) is 0 Å². The molecule has 1 spiro atoms. The van der Waals surface area contributed by atoms with Crippen LogP contribution in [0.2, 0.25) is 0 Å². The SMILES string of the molecule is CN1CCCNC(=O)C12CCN(C(=O)CCc1ccc(O)cc1)CC2. The highest BCUT2D eigenvalue weighted by Gasteiger charge is 2.45. The van der Waals surface area contributed by atoms with Gasteiger partial charge in [0.1, 0.15) is 11.3 Å². The summed E-state index contributed by atoms with van der Waals surface area (Å²) < 4.78 is 0. The summed E-state index contributed by atoms with van der Waals surface area (Å²) in [6, 6.07) is 6.98. The molecule has 0 aliphatic carbocycles. The summed E-state index contributed by atoms with van der Waals surface area (Å²) in [4.78, 5) is 29.1. The number of piperidine rings is 1. The molecule has 2 aliphatic rings. The molecule has 2 fully saturated rings. The van der Waals surface area contributed by atoms with Crippen LogP contribution in [-0.2, 0) is 16.0 Å². The van der Waals surface area contributed by atoms with Gasteiger partial charge < -0.3 is 15.3 Å². The molecule has 2 N–H and O–H groups in total. The maximum Gasteiger partial charge on any atom is 0.240 e. The minimum Gasteiger partial charge on any atom is -0.508 e. The number of likely N-dealkylation sites (N-methyl/N-ethyl adjacent to an activating group) is 1. The van der Waals surface area contributed by atoms with Crippen LogP contribution in [0.25, 0.3) is 0 Å². The van der Waals surface area contributed by atoms with Crippen LogP contribution in [0.3, 0.4) is 0 Å². The topological polar surface area (TPSA) is 72.9 Å². The lowest BCUT2D eigenvalue weighted by molar-refractivity contribution is -0.141. The molecule has 0 radical (unpaired) electrons. The first-order valence-electron chi connectivity index (χ1n) is 9.06. The van der Waals surface area contributed by atoms with Gasteiger partial charge in [-0.1, -0.05) is 12.1 Å². The molecule has 6 nitrogen and oxygen atoms in total. The molecule has 1 aromatic rings. The summed E-state index contributed by atoms with van der Waals surface area (Å²) >= 11 is 0. The largest absolute Gasteiger partial charge is 0.508 e. The van der Waals surface area contributed by atoms with E-state index in [9.17, 15) is 14.7 Å². The molecule has 2 saturated heterocycles. The number of amides is 2. The van der Waals surface area contributed by atoms with Crippen LogP contribution in [0.15, 0.2) is 24.3 Å². The summed E-state index contributed by atoms with van der Waals surface area (Å²) in [6.07, 6.45) is 3.49. The highest BCUT2D eigenvalue weighted by Crippen LogP contribution is 2.30. The zero-order valence-corrected chi connectivity index (χ0v) is 14.8. The van der Waals surface area contributed by atoms with Crippen LogP contribution in [0.5, 0.6) is 5.75 Å². The van der Waals surface area contributed by atoms with Gasteiger partial charge in [0.25, 0.3) is 0 Å². The number of carbonyl (C=O) groups excluding carboxylic acids is 2. The fourth-order valence-corrected chi connectivity index (χ4v) is 3.88. The number of hydrogen-bond donors (Lipinski definition) is 2. The van der Waals surface area contributed by atoms with Crippen molar-refractivity contribution in [2.24, 2.45) is 0 Å². The van der Waals surface area contributed by atoms with Gasteiger partial charge in [-0.05, 0) is 50.4 Å². The van der Waals surface area contributed by atoms with E-state index in [0.717, 1.165) is 25.1 Å². The molecule has 25 heavy (non-hydrogen) atoms. The third-order valence-corrected chi connectivity index (χ3v) is 5.62. The molecular weight excluding hydrogens is 318 g/mol. The molecule has 1 aromatic carbocycles. The van der Waals surface area contributed by atoms with Gasteiger partial charge in [-0.25, -0.2) is 0 Å². The number of nitrogens with zero attached hydrogens (tertiary/aromatic N) is 2. The number of phenols is 1. The lowest BCUT2D eigenvalue weighted by Crippen LogP contribution is -2.61. The van der Waals surface area contributed by atoms with Crippen molar-refractivity contribution in [2.75, 3.05) is 33.2 Å². The zero-order valence-electron chi connectivity index (χ0n) is 14.8. The number of rotatable bonds is 3. The first-order chi connectivity index (χ1) is 12.0. The van der Waals surface area contributed by atoms with E-state index in [-0.39, 0.29) is 17.6 Å². The van der Waals surface area contributed by atoms with Crippen molar-refractivity contribution in [1.82, 2.24) is 15.1 Å². The number of hydrogen-bond acceptors (Lipinski definition) is 4. The minimum atomic E-state index is -0.454. The Morgan fingerprint density at radius 1 is 1.20 bits per heavy atom. The van der Waals surface area contributed by atoms with E-state index in [0.29, 0.717) is 38.8 Å². The zero-order chi connectivity index (χ0) is 17.9. The first kappa shape index (κ1) is 17.7. The van der Waals surface area contributed by atoms with E-state index >= 15 is 0 Å². The van der Waals surface area contributed by atoms with Crippen molar-refractivity contribution in [2.45, 2.75) is 37.6 Å². The molecule has 6 heteroatoms. The molecule has 136 valence electrons. The van der Waals surface area contributed by atoms with Crippen LogP contribution in [0.4, 0.5) is 0 Å². The highest BCUT2D eigenvalue weighted by atomic mass is 16.3. The second kappa shape index (κ2) is 7.44. The van der Waals surface area contributed by atoms with Crippen LogP contribution >= 0.6 is 0 Å². The van der Waals surface area contributed by atoms with Crippen molar-refractivity contribution < 1.29 is 14.7 Å². The standard InChI is InChI=1S/C19H27N3O3/c1-21-12-2-11-20-18(25)19(21)9-13-22(14-10-19)17(24)8-5-15-3-6-16(23)7-4-15/h3-4,6-7,23H,2,5,8-14H2,1H3,(H,20,25). The predicted molar refractivity (Wildman–Crippen MR) is 95.2 cm³/mol. The van der Waals surface area contributed by atoms with Gasteiger partial charge in [0, 0.05) is 32.6 Å².